The van der Waals surface area contributed by atoms with Gasteiger partial charge in [-0.1, -0.05) is 39.0 Å². The van der Waals surface area contributed by atoms with Crippen molar-refractivity contribution in [1.82, 2.24) is 0 Å². The molecule has 20 atom stereocenters. The Bertz CT molecular complexity index is 1720. The average Bonchev–Trinajstić information content (AvgIpc) is 3.20. The molecule has 4 aliphatic rings. The number of aliphatic hydroxyl groups excluding tert-OH is 7. The number of carboxylic acids is 2. The van der Waals surface area contributed by atoms with Crippen LogP contribution in [-0.4, -0.2) is 216 Å². The Morgan fingerprint density at radius 3 is 1.39 bits per heavy atom. The first-order valence-corrected chi connectivity index (χ1v) is 22.1. The molecule has 368 valence electrons. The van der Waals surface area contributed by atoms with Crippen LogP contribution in [0.2, 0.25) is 0 Å². The topological polar surface area (TPSA) is 481 Å². The van der Waals surface area contributed by atoms with Gasteiger partial charge in [0, 0.05) is 6.61 Å². The minimum Gasteiger partial charge on any atom is -0.726 e. The number of carboxylic acid groups (broad SMARTS) is 2. The van der Waals surface area contributed by atoms with Crippen LogP contribution in [0.3, 0.4) is 0 Å². The molecule has 4 heterocycles. The van der Waals surface area contributed by atoms with Crippen molar-refractivity contribution in [2.24, 2.45) is 11.5 Å². The summed E-state index contributed by atoms with van der Waals surface area (Å²) in [4.78, 5) is 23.9. The van der Waals surface area contributed by atoms with Gasteiger partial charge in [0.25, 0.3) is 0 Å². The van der Waals surface area contributed by atoms with E-state index in [2.05, 4.69) is 8.37 Å². The molecule has 0 unspecified atom stereocenters. The molecule has 4 rings (SSSR count). The Labute approximate surface area is 473 Å². The maximum Gasteiger partial charge on any atom is 1.00 e. The van der Waals surface area contributed by atoms with Crippen molar-refractivity contribution in [1.29, 1.82) is 0 Å². The fraction of sp³-hybridized carbons (Fsp3) is 0.938. The molecule has 0 aromatic carbocycles. The van der Waals surface area contributed by atoms with Crippen molar-refractivity contribution in [3.8, 4) is 0 Å². The van der Waals surface area contributed by atoms with E-state index in [0.29, 0.717) is 6.42 Å². The zero-order valence-corrected chi connectivity index (χ0v) is 46.8. The fourth-order valence-corrected chi connectivity index (χ4v) is 7.65. The third kappa shape index (κ3) is 19.6. The van der Waals surface area contributed by atoms with Crippen LogP contribution in [0.15, 0.2) is 0 Å². The second kappa shape index (κ2) is 31.1. The number of hydrogen-bond donors (Lipinski definition) is 9. The molecule has 0 spiro atoms. The molecule has 0 aromatic heterocycles. The molecule has 0 amide bonds. The van der Waals surface area contributed by atoms with E-state index >= 15 is 0 Å². The van der Waals surface area contributed by atoms with E-state index in [4.69, 9.17) is 49.4 Å². The van der Waals surface area contributed by atoms with Gasteiger partial charge in [0.15, 0.2) is 25.2 Å². The first-order valence-electron chi connectivity index (χ1n) is 19.5. The quantitative estimate of drug-likeness (QED) is 0.0210. The van der Waals surface area contributed by atoms with E-state index < -0.39 is 169 Å². The SMILES string of the molecule is CCCCCCCCO[C@H]1O[C@H](COS(=O)(=O)[O-])[C@@H](O[C@@H]2O[C@H](C(=O)[O-])[C@@H](O[C@H]3O[C@H](COS(=O)(=O)[O-])[C@@H](O[C@@H]4O[C@H](C(=O)[O-])[C@@H](O)[C@H](O)[C@H]4O)[C@H](O)[C@H]3N)[C@H](O)[C@H]2O)[C@H](O)[C@H]1N.[Na+].[Na+].[Na+].[Na+]. The molecular weight excluding hydrogens is 1000 g/mol. The summed E-state index contributed by atoms with van der Waals surface area (Å²) in [5, 5.41) is 99.0. The van der Waals surface area contributed by atoms with Gasteiger partial charge in [-0.25, -0.2) is 16.8 Å². The van der Waals surface area contributed by atoms with Gasteiger partial charge < -0.3 is 114 Å². The molecule has 0 radical (unpaired) electrons. The number of nitrogens with two attached hydrogens (primary N) is 2. The predicted molar refractivity (Wildman–Crippen MR) is 188 cm³/mol. The summed E-state index contributed by atoms with van der Waals surface area (Å²) in [7, 11) is -11.0. The van der Waals surface area contributed by atoms with Crippen LogP contribution < -0.4 is 140 Å². The van der Waals surface area contributed by atoms with Crippen LogP contribution in [0.4, 0.5) is 0 Å². The van der Waals surface area contributed by atoms with Crippen molar-refractivity contribution in [3.05, 3.63) is 0 Å². The van der Waals surface area contributed by atoms with E-state index in [0.717, 1.165) is 32.1 Å². The molecule has 67 heavy (non-hydrogen) atoms. The Morgan fingerprint density at radius 1 is 0.522 bits per heavy atom. The molecule has 4 aliphatic heterocycles. The summed E-state index contributed by atoms with van der Waals surface area (Å²) in [6.45, 7) is -0.385. The van der Waals surface area contributed by atoms with Gasteiger partial charge in [-0.3, -0.25) is 8.37 Å². The number of carbonyl (C=O) groups excluding carboxylic acids is 2. The minimum atomic E-state index is -5.56. The Hall–Kier alpha value is 2.00. The molecule has 35 heteroatoms. The summed E-state index contributed by atoms with van der Waals surface area (Å²) >= 11 is 0. The molecule has 29 nitrogen and oxygen atoms in total. The molecular formula is C32H52N2Na4O27S2. The Kier molecular flexibility index (Phi) is 32.1. The van der Waals surface area contributed by atoms with Crippen LogP contribution in [0, 0.1) is 0 Å². The number of aliphatic hydroxyl groups is 7. The van der Waals surface area contributed by atoms with Crippen LogP contribution in [-0.2, 0) is 76.6 Å². The number of ether oxygens (including phenoxy) is 8. The van der Waals surface area contributed by atoms with Crippen LogP contribution >= 0.6 is 0 Å². The van der Waals surface area contributed by atoms with Crippen molar-refractivity contribution >= 4 is 32.7 Å². The van der Waals surface area contributed by atoms with Crippen molar-refractivity contribution in [3.63, 3.8) is 0 Å². The summed E-state index contributed by atoms with van der Waals surface area (Å²) < 4.78 is 120. The molecule has 0 aromatic rings. The van der Waals surface area contributed by atoms with E-state index in [-0.39, 0.29) is 125 Å². The zero-order chi connectivity index (χ0) is 47.1. The predicted octanol–water partition coefficient (Wildman–Crippen LogP) is -21.9. The molecule has 0 saturated carbocycles. The van der Waals surface area contributed by atoms with E-state index in [1.165, 1.54) is 0 Å². The van der Waals surface area contributed by atoms with Crippen molar-refractivity contribution in [2.45, 2.75) is 168 Å². The third-order valence-electron chi connectivity index (χ3n) is 10.4. The van der Waals surface area contributed by atoms with Crippen LogP contribution in [0.1, 0.15) is 45.4 Å². The molecule has 11 N–H and O–H groups in total. The minimum absolute atomic E-state index is 0. The van der Waals surface area contributed by atoms with Gasteiger partial charge in [0.05, 0.1) is 37.2 Å². The van der Waals surface area contributed by atoms with Gasteiger partial charge in [0.2, 0.25) is 20.8 Å². The number of aliphatic carboxylic acids is 2. The summed E-state index contributed by atoms with van der Waals surface area (Å²) in [6.07, 6.45) is -33.7. The second-order valence-electron chi connectivity index (χ2n) is 15.0. The fourth-order valence-electron chi connectivity index (χ4n) is 7.05. The van der Waals surface area contributed by atoms with Gasteiger partial charge in [0.1, 0.15) is 85.5 Å². The number of unbranched alkanes of at least 4 members (excludes halogenated alkanes) is 5. The summed E-state index contributed by atoms with van der Waals surface area (Å²) in [6, 6.07) is -3.44. The van der Waals surface area contributed by atoms with E-state index in [1.54, 1.807) is 0 Å². The van der Waals surface area contributed by atoms with Gasteiger partial charge in [-0.2, -0.15) is 0 Å². The zero-order valence-electron chi connectivity index (χ0n) is 37.2. The first-order chi connectivity index (χ1) is 29.4. The Balaban J connectivity index is 0.0000109. The molecule has 0 aliphatic carbocycles. The second-order valence-corrected chi connectivity index (χ2v) is 17.1. The largest absolute Gasteiger partial charge is 1.00 e. The van der Waals surface area contributed by atoms with Crippen molar-refractivity contribution in [2.75, 3.05) is 19.8 Å². The normalized spacial score (nSPS) is 39.1. The van der Waals surface area contributed by atoms with Gasteiger partial charge >= 0.3 is 118 Å². The van der Waals surface area contributed by atoms with E-state index in [9.17, 15) is 81.5 Å². The van der Waals surface area contributed by atoms with Crippen LogP contribution in [0.25, 0.3) is 0 Å². The standard InChI is InChI=1S/C32H56N2O27S2.4Na/c1-2-3-4-5-6-7-8-52-29-13(33)15(35)22(11(55-29)9-53-62(46,47)48)58-32-21(41)19(39)24(26(61-32)28(44)45)59-30-14(34)16(36)23(12(56-30)10-54-63(49,50)51)57-31-20(40)17(37)18(38)25(60-31)27(42)43;;;;/h11-26,29-32,35-41H,2-10,33-34H2,1H3,(H,42,43)(H,44,45)(H,46,47,48)(H,49,50,51);;;;/q;4*+1/p-4/t11-,12-,13-,14-,15-,16-,17+,18+,19-,20-,21-,22-,23-,24+,25+,26+,29+,30-,31-,32-;;;;/m1..../s1. The maximum absolute atomic E-state index is 12.4. The van der Waals surface area contributed by atoms with Gasteiger partial charge in [-0.05, 0) is 6.42 Å². The maximum atomic E-state index is 12.4. The molecule has 0 bridgehead atoms. The number of carbonyl (C=O) groups is 2. The molecule has 4 fully saturated rings. The first kappa shape index (κ1) is 69.0. The van der Waals surface area contributed by atoms with Crippen molar-refractivity contribution < 1.29 is 246 Å². The van der Waals surface area contributed by atoms with Crippen LogP contribution in [0.5, 0.6) is 0 Å². The number of hydrogen-bond acceptors (Lipinski definition) is 29. The summed E-state index contributed by atoms with van der Waals surface area (Å²) in [5.74, 6) is -4.28. The Morgan fingerprint density at radius 2 is 0.925 bits per heavy atom. The number of rotatable bonds is 22. The third-order valence-corrected chi connectivity index (χ3v) is 11.3. The van der Waals surface area contributed by atoms with Gasteiger partial charge in [-0.15, -0.1) is 0 Å². The summed E-state index contributed by atoms with van der Waals surface area (Å²) in [5.41, 5.74) is 12.2. The smallest absolute Gasteiger partial charge is 0.726 e. The van der Waals surface area contributed by atoms with E-state index in [1.807, 2.05) is 6.92 Å². The average molecular weight is 1050 g/mol. The monoisotopic (exact) mass is 1050 g/mol. The molecule has 4 saturated heterocycles.